The second kappa shape index (κ2) is 9.94. The molecule has 1 aromatic heterocycles. The van der Waals surface area contributed by atoms with Crippen LogP contribution in [0, 0.1) is 0 Å². The first kappa shape index (κ1) is 24.7. The lowest BCUT2D eigenvalue weighted by Gasteiger charge is -2.24. The number of hydrogen-bond donors (Lipinski definition) is 1. The molecule has 0 spiro atoms. The first-order chi connectivity index (χ1) is 15.5. The highest BCUT2D eigenvalue weighted by Gasteiger charge is 2.51. The standard InChI is InChI=1S/C20H21Cl2N3O8/c1-8(26)23-20-24-14-5-12(21)13(22)6-15(14)25(20)19-18(32-11(4)29)17(31-10(3)28)16(33-19)7-30-9(2)27/h5-6,16-19H,7H2,1-4H3,(H,23,24,26)/t16-,17-,18-,19-/m1/s1. The quantitative estimate of drug-likeness (QED) is 0.467. The number of halogens is 2. The fourth-order valence-corrected chi connectivity index (χ4v) is 3.81. The van der Waals surface area contributed by atoms with Gasteiger partial charge in [-0.05, 0) is 12.1 Å². The van der Waals surface area contributed by atoms with E-state index in [2.05, 4.69) is 10.3 Å². The molecule has 178 valence electrons. The first-order valence-electron chi connectivity index (χ1n) is 9.75. The van der Waals surface area contributed by atoms with Crippen LogP contribution in [0.15, 0.2) is 12.1 Å². The molecule has 2 aromatic rings. The molecule has 13 heteroatoms. The van der Waals surface area contributed by atoms with Crippen LogP contribution in [0.25, 0.3) is 11.0 Å². The molecule has 4 atom stereocenters. The van der Waals surface area contributed by atoms with E-state index in [-0.39, 0.29) is 22.6 Å². The summed E-state index contributed by atoms with van der Waals surface area (Å²) in [6, 6.07) is 3.00. The molecule has 1 aliphatic rings. The Bertz CT molecular complexity index is 1120. The van der Waals surface area contributed by atoms with Gasteiger partial charge in [-0.2, -0.15) is 0 Å². The van der Waals surface area contributed by atoms with Crippen LogP contribution >= 0.6 is 23.2 Å². The zero-order chi connectivity index (χ0) is 24.4. The predicted octanol–water partition coefficient (Wildman–Crippen LogP) is 2.63. The van der Waals surface area contributed by atoms with Gasteiger partial charge in [0.2, 0.25) is 11.9 Å². The van der Waals surface area contributed by atoms with E-state index >= 15 is 0 Å². The molecule has 0 aliphatic carbocycles. The van der Waals surface area contributed by atoms with Crippen LogP contribution in [0.3, 0.4) is 0 Å². The van der Waals surface area contributed by atoms with Gasteiger partial charge in [0.05, 0.1) is 21.1 Å². The van der Waals surface area contributed by atoms with E-state index in [0.717, 1.165) is 0 Å². The number of nitrogens with zero attached hydrogens (tertiary/aromatic N) is 2. The number of hydrogen-bond acceptors (Lipinski definition) is 9. The Morgan fingerprint density at radius 1 is 1.00 bits per heavy atom. The lowest BCUT2D eigenvalue weighted by Crippen LogP contribution is -2.40. The molecule has 1 aromatic carbocycles. The Balaban J connectivity index is 2.17. The number of rotatable bonds is 6. The molecule has 33 heavy (non-hydrogen) atoms. The van der Waals surface area contributed by atoms with Gasteiger partial charge in [0.25, 0.3) is 0 Å². The highest BCUT2D eigenvalue weighted by molar-refractivity contribution is 6.42. The summed E-state index contributed by atoms with van der Waals surface area (Å²) in [6.07, 6.45) is -4.42. The van der Waals surface area contributed by atoms with Crippen molar-refractivity contribution in [1.82, 2.24) is 9.55 Å². The average Bonchev–Trinajstić information content (AvgIpc) is 3.17. The molecule has 2 heterocycles. The summed E-state index contributed by atoms with van der Waals surface area (Å²) < 4.78 is 23.4. The number of benzene rings is 1. The minimum Gasteiger partial charge on any atom is -0.463 e. The lowest BCUT2D eigenvalue weighted by atomic mass is 10.1. The first-order valence-corrected chi connectivity index (χ1v) is 10.5. The topological polar surface area (TPSA) is 135 Å². The Labute approximate surface area is 198 Å². The van der Waals surface area contributed by atoms with Crippen LogP contribution in [-0.2, 0) is 38.1 Å². The highest BCUT2D eigenvalue weighted by atomic mass is 35.5. The predicted molar refractivity (Wildman–Crippen MR) is 116 cm³/mol. The molecule has 0 unspecified atom stereocenters. The van der Waals surface area contributed by atoms with Crippen LogP contribution < -0.4 is 5.32 Å². The van der Waals surface area contributed by atoms with E-state index in [1.165, 1.54) is 44.4 Å². The summed E-state index contributed by atoms with van der Waals surface area (Å²) in [7, 11) is 0. The minimum atomic E-state index is -1.17. The summed E-state index contributed by atoms with van der Waals surface area (Å²) >= 11 is 12.3. The second-order valence-electron chi connectivity index (χ2n) is 7.26. The number of esters is 3. The summed E-state index contributed by atoms with van der Waals surface area (Å²) in [5.41, 5.74) is 0.760. The maximum absolute atomic E-state index is 11.9. The number of carbonyl (C=O) groups is 4. The molecule has 11 nitrogen and oxygen atoms in total. The van der Waals surface area contributed by atoms with Crippen molar-refractivity contribution in [2.24, 2.45) is 0 Å². The van der Waals surface area contributed by atoms with Gasteiger partial charge in [-0.3, -0.25) is 29.1 Å². The number of ether oxygens (including phenoxy) is 4. The third-order valence-electron chi connectivity index (χ3n) is 4.61. The van der Waals surface area contributed by atoms with E-state index in [1.807, 2.05) is 0 Å². The SMILES string of the molecule is CC(=O)Nc1nc2cc(Cl)c(Cl)cc2n1[C@@H]1O[C@H](COC(C)=O)[C@@H](OC(C)=O)[C@H]1OC(C)=O. The second-order valence-corrected chi connectivity index (χ2v) is 8.07. The van der Waals surface area contributed by atoms with Crippen molar-refractivity contribution < 1.29 is 38.1 Å². The number of fused-ring (bicyclic) bond motifs is 1. The Morgan fingerprint density at radius 3 is 2.18 bits per heavy atom. The van der Waals surface area contributed by atoms with Crippen LogP contribution in [0.5, 0.6) is 0 Å². The fourth-order valence-electron chi connectivity index (χ4n) is 3.49. The molecule has 3 rings (SSSR count). The van der Waals surface area contributed by atoms with E-state index in [0.29, 0.717) is 11.0 Å². The molecule has 1 saturated heterocycles. The molecule has 0 bridgehead atoms. The van der Waals surface area contributed by atoms with Crippen molar-refractivity contribution in [3.8, 4) is 0 Å². The maximum Gasteiger partial charge on any atom is 0.303 e. The summed E-state index contributed by atoms with van der Waals surface area (Å²) in [5, 5.41) is 3.02. The maximum atomic E-state index is 11.9. The monoisotopic (exact) mass is 501 g/mol. The van der Waals surface area contributed by atoms with E-state index < -0.39 is 48.4 Å². The molecule has 0 radical (unpaired) electrons. The molecule has 1 N–H and O–H groups in total. The molecule has 1 amide bonds. The third kappa shape index (κ3) is 5.55. The number of amides is 1. The number of nitrogens with one attached hydrogen (secondary N) is 1. The van der Waals surface area contributed by atoms with Gasteiger partial charge >= 0.3 is 17.9 Å². The van der Waals surface area contributed by atoms with Gasteiger partial charge in [-0.25, -0.2) is 4.98 Å². The van der Waals surface area contributed by atoms with Crippen molar-refractivity contribution in [1.29, 1.82) is 0 Å². The Morgan fingerprint density at radius 2 is 1.61 bits per heavy atom. The van der Waals surface area contributed by atoms with Crippen molar-refractivity contribution in [2.75, 3.05) is 11.9 Å². The largest absolute Gasteiger partial charge is 0.463 e. The van der Waals surface area contributed by atoms with E-state index in [9.17, 15) is 19.2 Å². The van der Waals surface area contributed by atoms with Crippen molar-refractivity contribution >= 4 is 64.0 Å². The molecular weight excluding hydrogens is 481 g/mol. The molecule has 1 aliphatic heterocycles. The van der Waals surface area contributed by atoms with E-state index in [1.54, 1.807) is 0 Å². The van der Waals surface area contributed by atoms with Crippen molar-refractivity contribution in [2.45, 2.75) is 52.2 Å². The van der Waals surface area contributed by atoms with Crippen LogP contribution in [0.1, 0.15) is 33.9 Å². The van der Waals surface area contributed by atoms with Gasteiger partial charge in [0.15, 0.2) is 18.4 Å². The minimum absolute atomic E-state index is 0.0488. The fraction of sp³-hybridized carbons (Fsp3) is 0.450. The van der Waals surface area contributed by atoms with Gasteiger partial charge in [-0.1, -0.05) is 23.2 Å². The smallest absolute Gasteiger partial charge is 0.303 e. The molecular formula is C20H21Cl2N3O8. The van der Waals surface area contributed by atoms with Crippen LogP contribution in [-0.4, -0.2) is 58.3 Å². The normalized spacial score (nSPS) is 22.1. The number of imidazole rings is 1. The van der Waals surface area contributed by atoms with Gasteiger partial charge in [-0.15, -0.1) is 0 Å². The Hall–Kier alpha value is -2.89. The summed E-state index contributed by atoms with van der Waals surface area (Å²) in [6.45, 7) is 4.57. The highest BCUT2D eigenvalue weighted by Crippen LogP contribution is 2.40. The average molecular weight is 502 g/mol. The van der Waals surface area contributed by atoms with Crippen molar-refractivity contribution in [3.05, 3.63) is 22.2 Å². The number of anilines is 1. The molecule has 0 saturated carbocycles. The zero-order valence-corrected chi connectivity index (χ0v) is 19.6. The van der Waals surface area contributed by atoms with E-state index in [4.69, 9.17) is 42.1 Å². The van der Waals surface area contributed by atoms with Crippen LogP contribution in [0.2, 0.25) is 10.0 Å². The van der Waals surface area contributed by atoms with Crippen LogP contribution in [0.4, 0.5) is 5.95 Å². The number of carbonyl (C=O) groups excluding carboxylic acids is 4. The third-order valence-corrected chi connectivity index (χ3v) is 5.34. The summed E-state index contributed by atoms with van der Waals surface area (Å²) in [4.78, 5) is 51.3. The van der Waals surface area contributed by atoms with Gasteiger partial charge < -0.3 is 18.9 Å². The number of aromatic nitrogens is 2. The Kier molecular flexibility index (Phi) is 7.45. The van der Waals surface area contributed by atoms with Gasteiger partial charge in [0.1, 0.15) is 12.7 Å². The molecule has 1 fully saturated rings. The van der Waals surface area contributed by atoms with Gasteiger partial charge in [0, 0.05) is 27.7 Å². The van der Waals surface area contributed by atoms with Crippen molar-refractivity contribution in [3.63, 3.8) is 0 Å². The lowest BCUT2D eigenvalue weighted by molar-refractivity contribution is -0.166. The zero-order valence-electron chi connectivity index (χ0n) is 18.1. The summed E-state index contributed by atoms with van der Waals surface area (Å²) in [5.74, 6) is -2.31.